The van der Waals surface area contributed by atoms with Crippen molar-refractivity contribution in [2.45, 2.75) is 19.1 Å². The molecule has 2 heterocycles. The van der Waals surface area contributed by atoms with Gasteiger partial charge in [-0.15, -0.1) is 0 Å². The number of aromatic nitrogens is 2. The van der Waals surface area contributed by atoms with Gasteiger partial charge in [0.15, 0.2) is 6.10 Å². The number of aromatic amines is 2. The summed E-state index contributed by atoms with van der Waals surface area (Å²) >= 11 is 0. The highest BCUT2D eigenvalue weighted by atomic mass is 16.5. The van der Waals surface area contributed by atoms with E-state index < -0.39 is 6.10 Å². The summed E-state index contributed by atoms with van der Waals surface area (Å²) in [7, 11) is 0. The van der Waals surface area contributed by atoms with Crippen molar-refractivity contribution < 1.29 is 9.53 Å². The van der Waals surface area contributed by atoms with Crippen LogP contribution in [0, 0.1) is 0 Å². The number of carbonyl (C=O) groups is 1. The Bertz CT molecular complexity index is 957. The summed E-state index contributed by atoms with van der Waals surface area (Å²) < 4.78 is 5.66. The van der Waals surface area contributed by atoms with Crippen molar-refractivity contribution in [1.82, 2.24) is 15.3 Å². The van der Waals surface area contributed by atoms with E-state index in [1.54, 1.807) is 0 Å². The van der Waals surface area contributed by atoms with Crippen LogP contribution in [-0.4, -0.2) is 22.5 Å². The number of carbonyl (C=O) groups excluding carboxylic acids is 1. The van der Waals surface area contributed by atoms with Crippen LogP contribution in [0.3, 0.4) is 0 Å². The molecule has 0 fully saturated rings. The van der Waals surface area contributed by atoms with Crippen LogP contribution >= 0.6 is 0 Å². The molecule has 1 aliphatic heterocycles. The molecular formula is C18H17N3O3. The summed E-state index contributed by atoms with van der Waals surface area (Å²) in [6.45, 7) is 0.926. The number of fused-ring (bicyclic) bond motifs is 2. The molecule has 1 atom stereocenters. The first-order valence-corrected chi connectivity index (χ1v) is 7.89. The SMILES string of the molecule is O=C(NCc1ccc2[nH]c(=O)[nH]c2c1)[C@@H]1OCCc2ccccc21. The molecule has 1 aromatic heterocycles. The molecule has 3 aromatic rings. The van der Waals surface area contributed by atoms with Crippen molar-refractivity contribution in [2.24, 2.45) is 0 Å². The monoisotopic (exact) mass is 323 g/mol. The van der Waals surface area contributed by atoms with Crippen molar-refractivity contribution in [2.75, 3.05) is 6.61 Å². The van der Waals surface area contributed by atoms with Gasteiger partial charge in [0.1, 0.15) is 0 Å². The minimum atomic E-state index is -0.564. The maximum Gasteiger partial charge on any atom is 0.323 e. The number of imidazole rings is 1. The Labute approximate surface area is 137 Å². The normalized spacial score (nSPS) is 16.8. The first kappa shape index (κ1) is 14.7. The quantitative estimate of drug-likeness (QED) is 0.687. The molecule has 24 heavy (non-hydrogen) atoms. The van der Waals surface area contributed by atoms with Crippen LogP contribution in [0.5, 0.6) is 0 Å². The van der Waals surface area contributed by atoms with E-state index in [1.165, 1.54) is 0 Å². The molecular weight excluding hydrogens is 306 g/mol. The van der Waals surface area contributed by atoms with Gasteiger partial charge in [-0.3, -0.25) is 4.79 Å². The second kappa shape index (κ2) is 5.98. The summed E-state index contributed by atoms with van der Waals surface area (Å²) in [5.74, 6) is -0.148. The van der Waals surface area contributed by atoms with Gasteiger partial charge in [0.25, 0.3) is 5.91 Å². The lowest BCUT2D eigenvalue weighted by Gasteiger charge is -2.25. The van der Waals surface area contributed by atoms with E-state index in [0.29, 0.717) is 13.2 Å². The average Bonchev–Trinajstić information content (AvgIpc) is 2.98. The molecule has 2 aromatic carbocycles. The molecule has 0 spiro atoms. The smallest absolute Gasteiger partial charge is 0.323 e. The molecule has 0 unspecified atom stereocenters. The third-order valence-electron chi connectivity index (χ3n) is 4.28. The molecule has 4 rings (SSSR count). The lowest BCUT2D eigenvalue weighted by atomic mass is 9.97. The number of hydrogen-bond acceptors (Lipinski definition) is 3. The van der Waals surface area contributed by atoms with Gasteiger partial charge in [0.2, 0.25) is 0 Å². The van der Waals surface area contributed by atoms with E-state index in [2.05, 4.69) is 15.3 Å². The predicted octanol–water partition coefficient (Wildman–Crippen LogP) is 1.79. The number of rotatable bonds is 3. The van der Waals surface area contributed by atoms with Gasteiger partial charge >= 0.3 is 5.69 Å². The van der Waals surface area contributed by atoms with E-state index in [-0.39, 0.29) is 11.6 Å². The van der Waals surface area contributed by atoms with Crippen molar-refractivity contribution in [3.8, 4) is 0 Å². The molecule has 1 aliphatic rings. The number of H-pyrrole nitrogens is 2. The lowest BCUT2D eigenvalue weighted by Crippen LogP contribution is -2.33. The van der Waals surface area contributed by atoms with Crippen LogP contribution in [0.15, 0.2) is 47.3 Å². The molecule has 0 saturated carbocycles. The van der Waals surface area contributed by atoms with Crippen LogP contribution < -0.4 is 11.0 Å². The van der Waals surface area contributed by atoms with Crippen LogP contribution in [0.4, 0.5) is 0 Å². The molecule has 6 nitrogen and oxygen atoms in total. The highest BCUT2D eigenvalue weighted by Crippen LogP contribution is 2.27. The van der Waals surface area contributed by atoms with Crippen molar-refractivity contribution in [1.29, 1.82) is 0 Å². The largest absolute Gasteiger partial charge is 0.363 e. The molecule has 6 heteroatoms. The van der Waals surface area contributed by atoms with Crippen LogP contribution in [0.1, 0.15) is 22.8 Å². The van der Waals surface area contributed by atoms with Gasteiger partial charge in [-0.05, 0) is 35.2 Å². The van der Waals surface area contributed by atoms with Crippen molar-refractivity contribution in [3.05, 3.63) is 69.6 Å². The fraction of sp³-hybridized carbons (Fsp3) is 0.222. The Morgan fingerprint density at radius 1 is 1.17 bits per heavy atom. The lowest BCUT2D eigenvalue weighted by molar-refractivity contribution is -0.134. The van der Waals surface area contributed by atoms with E-state index in [0.717, 1.165) is 34.1 Å². The number of amides is 1. The molecule has 0 radical (unpaired) electrons. The summed E-state index contributed by atoms with van der Waals surface area (Å²) in [4.78, 5) is 29.2. The minimum absolute atomic E-state index is 0.148. The van der Waals surface area contributed by atoms with E-state index in [4.69, 9.17) is 4.74 Å². The second-order valence-corrected chi connectivity index (χ2v) is 5.88. The summed E-state index contributed by atoms with van der Waals surface area (Å²) in [6.07, 6.45) is 0.267. The minimum Gasteiger partial charge on any atom is -0.363 e. The molecule has 0 saturated heterocycles. The van der Waals surface area contributed by atoms with Gasteiger partial charge in [-0.2, -0.15) is 0 Å². The van der Waals surface area contributed by atoms with Gasteiger partial charge in [-0.25, -0.2) is 4.79 Å². The standard InChI is InChI=1S/C18H17N3O3/c22-17(16-13-4-2-1-3-12(13)7-8-24-16)19-10-11-5-6-14-15(9-11)21-18(23)20-14/h1-6,9,16H,7-8,10H2,(H,19,22)(H2,20,21,23)/t16-/m1/s1. The second-order valence-electron chi connectivity index (χ2n) is 5.88. The van der Waals surface area contributed by atoms with E-state index in [9.17, 15) is 9.59 Å². The molecule has 0 bridgehead atoms. The number of hydrogen-bond donors (Lipinski definition) is 3. The zero-order valence-electron chi connectivity index (χ0n) is 13.0. The van der Waals surface area contributed by atoms with E-state index >= 15 is 0 Å². The first-order chi connectivity index (χ1) is 11.7. The summed E-state index contributed by atoms with van der Waals surface area (Å²) in [5.41, 5.74) is 4.25. The van der Waals surface area contributed by atoms with Gasteiger partial charge in [0, 0.05) is 6.54 Å². The summed E-state index contributed by atoms with van der Waals surface area (Å²) in [6, 6.07) is 13.4. The van der Waals surface area contributed by atoms with Gasteiger partial charge < -0.3 is 20.0 Å². The van der Waals surface area contributed by atoms with E-state index in [1.807, 2.05) is 42.5 Å². The van der Waals surface area contributed by atoms with Crippen LogP contribution in [0.2, 0.25) is 0 Å². The summed E-state index contributed by atoms with van der Waals surface area (Å²) in [5, 5.41) is 2.91. The molecule has 122 valence electrons. The zero-order valence-corrected chi connectivity index (χ0v) is 13.0. The fourth-order valence-corrected chi connectivity index (χ4v) is 3.08. The van der Waals surface area contributed by atoms with Crippen molar-refractivity contribution >= 4 is 16.9 Å². The third-order valence-corrected chi connectivity index (χ3v) is 4.28. The molecule has 1 amide bonds. The topological polar surface area (TPSA) is 87.0 Å². The van der Waals surface area contributed by atoms with Crippen LogP contribution in [0.25, 0.3) is 11.0 Å². The highest BCUT2D eigenvalue weighted by molar-refractivity contribution is 5.83. The first-order valence-electron chi connectivity index (χ1n) is 7.89. The maximum atomic E-state index is 12.5. The zero-order chi connectivity index (χ0) is 16.5. The predicted molar refractivity (Wildman–Crippen MR) is 89.6 cm³/mol. The number of benzene rings is 2. The number of nitrogens with one attached hydrogen (secondary N) is 3. The Hall–Kier alpha value is -2.86. The Morgan fingerprint density at radius 3 is 2.92 bits per heavy atom. The average molecular weight is 323 g/mol. The highest BCUT2D eigenvalue weighted by Gasteiger charge is 2.26. The van der Waals surface area contributed by atoms with Gasteiger partial charge in [-0.1, -0.05) is 30.3 Å². The molecule has 3 N–H and O–H groups in total. The Balaban J connectivity index is 1.49. The van der Waals surface area contributed by atoms with Gasteiger partial charge in [0.05, 0.1) is 17.6 Å². The fourth-order valence-electron chi connectivity index (χ4n) is 3.08. The third kappa shape index (κ3) is 2.72. The maximum absolute atomic E-state index is 12.5. The van der Waals surface area contributed by atoms with Crippen molar-refractivity contribution in [3.63, 3.8) is 0 Å². The Kier molecular flexibility index (Phi) is 3.66. The van der Waals surface area contributed by atoms with Crippen LogP contribution in [-0.2, 0) is 22.5 Å². The number of ether oxygens (including phenoxy) is 1. The molecule has 0 aliphatic carbocycles. The Morgan fingerprint density at radius 2 is 2.00 bits per heavy atom.